The van der Waals surface area contributed by atoms with E-state index in [4.69, 9.17) is 23.2 Å². The van der Waals surface area contributed by atoms with Crippen LogP contribution in [0.3, 0.4) is 0 Å². The molecule has 0 radical (unpaired) electrons. The van der Waals surface area contributed by atoms with E-state index in [9.17, 15) is 4.79 Å². The van der Waals surface area contributed by atoms with E-state index in [2.05, 4.69) is 49.1 Å². The first-order chi connectivity index (χ1) is 14.1. The van der Waals surface area contributed by atoms with Crippen molar-refractivity contribution in [2.24, 2.45) is 4.99 Å². The van der Waals surface area contributed by atoms with Gasteiger partial charge in [0.25, 0.3) is 5.91 Å². The van der Waals surface area contributed by atoms with Gasteiger partial charge in [0.1, 0.15) is 0 Å². The first-order valence-corrected chi connectivity index (χ1v) is 11.0. The van der Waals surface area contributed by atoms with E-state index >= 15 is 0 Å². The molecule has 4 rings (SSSR count). The molecular formula is C23H21Cl2N3OS. The Morgan fingerprint density at radius 1 is 1.20 bits per heavy atom. The molecule has 2 aliphatic heterocycles. The van der Waals surface area contributed by atoms with Gasteiger partial charge in [-0.1, -0.05) is 35.3 Å². The van der Waals surface area contributed by atoms with Crippen molar-refractivity contribution in [3.8, 4) is 0 Å². The number of benzene rings is 2. The number of hydrogen-bond acceptors (Lipinski definition) is 4. The third-order valence-corrected chi connectivity index (χ3v) is 6.78. The van der Waals surface area contributed by atoms with Crippen molar-refractivity contribution in [3.05, 3.63) is 68.6 Å². The summed E-state index contributed by atoms with van der Waals surface area (Å²) in [5.74, 6) is -0.194. The monoisotopic (exact) mass is 457 g/mol. The molecule has 0 aliphatic carbocycles. The lowest BCUT2D eigenvalue weighted by Crippen LogP contribution is -2.42. The number of hydrogen-bond donors (Lipinski definition) is 1. The van der Waals surface area contributed by atoms with Gasteiger partial charge in [-0.2, -0.15) is 0 Å². The summed E-state index contributed by atoms with van der Waals surface area (Å²) >= 11 is 13.9. The predicted octanol–water partition coefficient (Wildman–Crippen LogP) is 6.52. The van der Waals surface area contributed by atoms with Gasteiger partial charge >= 0.3 is 0 Å². The molecule has 0 bridgehead atoms. The quantitative estimate of drug-likeness (QED) is 0.522. The number of halogens is 2. The summed E-state index contributed by atoms with van der Waals surface area (Å²) in [5, 5.41) is 4.52. The molecule has 154 valence electrons. The number of fused-ring (bicyclic) bond motifs is 1. The number of likely N-dealkylation sites (N-methyl/N-ethyl adjacent to an activating group) is 1. The van der Waals surface area contributed by atoms with Gasteiger partial charge in [-0.3, -0.25) is 4.79 Å². The molecule has 7 heteroatoms. The van der Waals surface area contributed by atoms with Gasteiger partial charge in [0.15, 0.2) is 5.17 Å². The first kappa shape index (κ1) is 21.0. The number of thioether (sulfide) groups is 1. The third kappa shape index (κ3) is 4.02. The molecule has 1 amide bonds. The fraction of sp³-hybridized carbons (Fsp3) is 0.217. The predicted molar refractivity (Wildman–Crippen MR) is 130 cm³/mol. The smallest absolute Gasteiger partial charge is 0.264 e. The van der Waals surface area contributed by atoms with Crippen molar-refractivity contribution < 1.29 is 4.79 Å². The van der Waals surface area contributed by atoms with E-state index in [1.54, 1.807) is 12.1 Å². The maximum absolute atomic E-state index is 12.5. The molecule has 0 aromatic heterocycles. The number of carbonyl (C=O) groups excluding carboxylic acids is 1. The maximum Gasteiger partial charge on any atom is 0.264 e. The van der Waals surface area contributed by atoms with Crippen LogP contribution in [0.15, 0.2) is 52.4 Å². The van der Waals surface area contributed by atoms with Crippen molar-refractivity contribution in [2.75, 3.05) is 11.9 Å². The van der Waals surface area contributed by atoms with Crippen LogP contribution in [0.25, 0.3) is 11.6 Å². The summed E-state index contributed by atoms with van der Waals surface area (Å²) in [6.45, 7) is 6.44. The summed E-state index contributed by atoms with van der Waals surface area (Å²) in [6.07, 6.45) is 4.06. The van der Waals surface area contributed by atoms with E-state index in [1.165, 1.54) is 17.3 Å². The molecule has 2 aromatic rings. The number of allylic oxidation sites excluding steroid dienone is 1. The van der Waals surface area contributed by atoms with Crippen LogP contribution < -0.4 is 10.2 Å². The zero-order valence-corrected chi connectivity index (χ0v) is 19.4. The number of rotatable bonds is 2. The molecule has 1 saturated heterocycles. The summed E-state index contributed by atoms with van der Waals surface area (Å²) in [5.41, 5.74) is 4.79. The summed E-state index contributed by atoms with van der Waals surface area (Å²) in [4.78, 5) is 19.7. The van der Waals surface area contributed by atoms with Crippen LogP contribution in [0.4, 0.5) is 11.4 Å². The fourth-order valence-electron chi connectivity index (χ4n) is 3.58. The zero-order valence-electron chi connectivity index (χ0n) is 17.1. The van der Waals surface area contributed by atoms with Gasteiger partial charge in [0.05, 0.1) is 16.1 Å². The van der Waals surface area contributed by atoms with Crippen LogP contribution in [0.2, 0.25) is 10.0 Å². The van der Waals surface area contributed by atoms with E-state index < -0.39 is 0 Å². The highest BCUT2D eigenvalue weighted by atomic mass is 35.5. The normalized spacial score (nSPS) is 20.4. The van der Waals surface area contributed by atoms with E-state index in [1.807, 2.05) is 30.3 Å². The Bertz CT molecular complexity index is 1150. The Kier molecular flexibility index (Phi) is 5.47. The number of aliphatic imine (C=N–C) groups is 1. The SMILES string of the molecule is CC1=CC(C)(C)N(C)c2cc(Cl)c(/C=C3\SC(=Nc4cccc(Cl)c4)NC3=O)cc21. The van der Waals surface area contributed by atoms with Crippen LogP contribution >= 0.6 is 35.0 Å². The average molecular weight is 458 g/mol. The minimum Gasteiger partial charge on any atom is -0.365 e. The Morgan fingerprint density at radius 3 is 2.70 bits per heavy atom. The molecule has 0 spiro atoms. The zero-order chi connectivity index (χ0) is 21.6. The number of amidine groups is 1. The van der Waals surface area contributed by atoms with Crippen molar-refractivity contribution in [2.45, 2.75) is 26.3 Å². The molecule has 0 unspecified atom stereocenters. The maximum atomic E-state index is 12.5. The van der Waals surface area contributed by atoms with Crippen LogP contribution in [-0.4, -0.2) is 23.7 Å². The van der Waals surface area contributed by atoms with E-state index in [-0.39, 0.29) is 11.4 Å². The molecule has 0 saturated carbocycles. The molecule has 4 nitrogen and oxygen atoms in total. The number of nitrogens with zero attached hydrogens (tertiary/aromatic N) is 2. The second kappa shape index (κ2) is 7.80. The first-order valence-electron chi connectivity index (χ1n) is 9.46. The minimum absolute atomic E-state index is 0.0900. The molecule has 1 fully saturated rings. The van der Waals surface area contributed by atoms with Crippen molar-refractivity contribution in [3.63, 3.8) is 0 Å². The number of amides is 1. The highest BCUT2D eigenvalue weighted by Gasteiger charge is 2.30. The molecule has 2 aromatic carbocycles. The molecule has 1 N–H and O–H groups in total. The lowest BCUT2D eigenvalue weighted by atomic mass is 9.88. The Hall–Kier alpha value is -2.21. The number of nitrogens with one attached hydrogen (secondary N) is 1. The molecule has 0 atom stereocenters. The van der Waals surface area contributed by atoms with Crippen molar-refractivity contribution in [1.82, 2.24) is 5.32 Å². The standard InChI is InChI=1S/C23H21Cl2N3OS/c1-13-12-23(2,3)28(4)19-11-18(25)14(8-17(13)19)9-20-21(29)27-22(30-20)26-16-7-5-6-15(24)10-16/h5-12H,1-4H3,(H,26,27,29)/b20-9-. The summed E-state index contributed by atoms with van der Waals surface area (Å²) < 4.78 is 0. The van der Waals surface area contributed by atoms with Crippen LogP contribution in [0, 0.1) is 0 Å². The van der Waals surface area contributed by atoms with Gasteiger partial charge in [-0.15, -0.1) is 0 Å². The van der Waals surface area contributed by atoms with Crippen LogP contribution in [0.5, 0.6) is 0 Å². The number of carbonyl (C=O) groups is 1. The van der Waals surface area contributed by atoms with Crippen molar-refractivity contribution in [1.29, 1.82) is 0 Å². The second-order valence-electron chi connectivity index (χ2n) is 7.89. The van der Waals surface area contributed by atoms with Gasteiger partial charge in [0.2, 0.25) is 0 Å². The number of anilines is 1. The van der Waals surface area contributed by atoms with Crippen LogP contribution in [-0.2, 0) is 4.79 Å². The van der Waals surface area contributed by atoms with E-state index in [0.717, 1.165) is 16.8 Å². The lowest BCUT2D eigenvalue weighted by Gasteiger charge is -2.40. The minimum atomic E-state index is -0.194. The van der Waals surface area contributed by atoms with Gasteiger partial charge in [0, 0.05) is 28.3 Å². The van der Waals surface area contributed by atoms with Gasteiger partial charge < -0.3 is 10.2 Å². The van der Waals surface area contributed by atoms with Gasteiger partial charge in [-0.05, 0) is 80.1 Å². The molecule has 2 aliphatic rings. The average Bonchev–Trinajstić information content (AvgIpc) is 2.99. The van der Waals surface area contributed by atoms with Crippen LogP contribution in [0.1, 0.15) is 31.9 Å². The fourth-order valence-corrected chi connectivity index (χ4v) is 4.81. The lowest BCUT2D eigenvalue weighted by molar-refractivity contribution is -0.115. The molecular weight excluding hydrogens is 437 g/mol. The Morgan fingerprint density at radius 2 is 1.97 bits per heavy atom. The van der Waals surface area contributed by atoms with Gasteiger partial charge in [-0.25, -0.2) is 4.99 Å². The second-order valence-corrected chi connectivity index (χ2v) is 9.77. The Balaban J connectivity index is 1.67. The third-order valence-electron chi connectivity index (χ3n) is 5.31. The highest BCUT2D eigenvalue weighted by Crippen LogP contribution is 2.41. The highest BCUT2D eigenvalue weighted by molar-refractivity contribution is 8.18. The topological polar surface area (TPSA) is 44.7 Å². The summed E-state index contributed by atoms with van der Waals surface area (Å²) in [7, 11) is 2.06. The summed E-state index contributed by atoms with van der Waals surface area (Å²) in [6, 6.07) is 11.2. The molecule has 30 heavy (non-hydrogen) atoms. The van der Waals surface area contributed by atoms with Crippen molar-refractivity contribution >= 4 is 69.1 Å². The molecule has 2 heterocycles. The van der Waals surface area contributed by atoms with E-state index in [0.29, 0.717) is 25.8 Å². The largest absolute Gasteiger partial charge is 0.365 e. The Labute approximate surface area is 190 Å².